The van der Waals surface area contributed by atoms with Crippen LogP contribution in [0.25, 0.3) is 0 Å². The number of amides is 1. The molecule has 0 spiro atoms. The number of ketones is 1. The number of carbonyl (C=O) groups is 2. The molecule has 5 nitrogen and oxygen atoms in total. The lowest BCUT2D eigenvalue weighted by molar-refractivity contribution is -0.122. The van der Waals surface area contributed by atoms with E-state index >= 15 is 0 Å². The Morgan fingerprint density at radius 3 is 2.17 bits per heavy atom. The second-order valence-electron chi connectivity index (χ2n) is 9.40. The summed E-state index contributed by atoms with van der Waals surface area (Å²) in [5.41, 5.74) is 0.848. The highest BCUT2D eigenvalue weighted by Gasteiger charge is 2.52. The molecule has 0 saturated carbocycles. The largest absolute Gasteiger partial charge is 0.390 e. The Balaban J connectivity index is 1.91. The zero-order valence-electron chi connectivity index (χ0n) is 19.8. The number of Topliss-reactive ketones (excluding diaryl/α,β-unsaturated/α-hetero) is 1. The fraction of sp³-hybridized carbons (Fsp3) is 0.286. The second kappa shape index (κ2) is 9.75. The van der Waals surface area contributed by atoms with Crippen molar-refractivity contribution >= 4 is 34.9 Å². The third kappa shape index (κ3) is 5.14. The SMILES string of the molecule is CC(=O)c1ccc2c(c1)C(=O)N(Cc1ccc(Cl)cc1)C2(OCCC(C)(C)O)c1ccc(Cl)cc1. The summed E-state index contributed by atoms with van der Waals surface area (Å²) in [6.07, 6.45) is 0.353. The van der Waals surface area contributed by atoms with E-state index in [1.807, 2.05) is 24.3 Å². The van der Waals surface area contributed by atoms with E-state index < -0.39 is 11.3 Å². The first kappa shape index (κ1) is 25.4. The van der Waals surface area contributed by atoms with Crippen LogP contribution in [0.2, 0.25) is 10.0 Å². The molecule has 182 valence electrons. The summed E-state index contributed by atoms with van der Waals surface area (Å²) in [4.78, 5) is 27.7. The second-order valence-corrected chi connectivity index (χ2v) is 10.3. The third-order valence-corrected chi connectivity index (χ3v) is 6.67. The average molecular weight is 512 g/mol. The van der Waals surface area contributed by atoms with E-state index in [-0.39, 0.29) is 24.8 Å². The number of hydrogen-bond acceptors (Lipinski definition) is 4. The topological polar surface area (TPSA) is 66.8 Å². The smallest absolute Gasteiger partial charge is 0.257 e. The van der Waals surface area contributed by atoms with Gasteiger partial charge in [-0.2, -0.15) is 0 Å². The minimum absolute atomic E-state index is 0.128. The van der Waals surface area contributed by atoms with E-state index in [0.717, 1.165) is 5.56 Å². The number of nitrogens with zero attached hydrogens (tertiary/aromatic N) is 1. The van der Waals surface area contributed by atoms with Gasteiger partial charge < -0.3 is 9.84 Å². The first-order valence-corrected chi connectivity index (χ1v) is 12.1. The van der Waals surface area contributed by atoms with Crippen molar-refractivity contribution in [3.8, 4) is 0 Å². The van der Waals surface area contributed by atoms with Crippen LogP contribution in [-0.4, -0.2) is 33.9 Å². The summed E-state index contributed by atoms with van der Waals surface area (Å²) >= 11 is 12.3. The van der Waals surface area contributed by atoms with Crippen LogP contribution in [0.1, 0.15) is 64.6 Å². The van der Waals surface area contributed by atoms with Gasteiger partial charge in [0.15, 0.2) is 11.5 Å². The molecular weight excluding hydrogens is 485 g/mol. The van der Waals surface area contributed by atoms with Gasteiger partial charge in [-0.05, 0) is 63.1 Å². The molecule has 1 N–H and O–H groups in total. The van der Waals surface area contributed by atoms with E-state index in [9.17, 15) is 14.7 Å². The highest BCUT2D eigenvalue weighted by molar-refractivity contribution is 6.30. The molecule has 1 unspecified atom stereocenters. The van der Waals surface area contributed by atoms with Crippen molar-refractivity contribution in [3.05, 3.63) is 105 Å². The van der Waals surface area contributed by atoms with E-state index in [4.69, 9.17) is 27.9 Å². The summed E-state index contributed by atoms with van der Waals surface area (Å²) in [5.74, 6) is -0.381. The number of rotatable bonds is 8. The summed E-state index contributed by atoms with van der Waals surface area (Å²) in [7, 11) is 0. The molecular formula is C28H27Cl2NO4. The standard InChI is InChI=1S/C28H27Cl2NO4/c1-18(32)20-6-13-25-24(16-20)26(33)31(17-19-4-9-22(29)10-5-19)28(25,35-15-14-27(2,3)34)21-7-11-23(30)12-8-21/h4-13,16,34H,14-15,17H2,1-3H3. The van der Waals surface area contributed by atoms with Crippen molar-refractivity contribution in [1.29, 1.82) is 0 Å². The molecule has 0 bridgehead atoms. The molecule has 1 aliphatic rings. The van der Waals surface area contributed by atoms with Gasteiger partial charge in [-0.1, -0.05) is 59.6 Å². The van der Waals surface area contributed by atoms with Crippen LogP contribution in [0, 0.1) is 0 Å². The number of carbonyl (C=O) groups excluding carboxylic acids is 2. The summed E-state index contributed by atoms with van der Waals surface area (Å²) in [6, 6.07) is 19.6. The molecule has 1 amide bonds. The van der Waals surface area contributed by atoms with Crippen LogP contribution >= 0.6 is 23.2 Å². The Morgan fingerprint density at radius 1 is 1.00 bits per heavy atom. The summed E-state index contributed by atoms with van der Waals surface area (Å²) < 4.78 is 6.59. The molecule has 1 heterocycles. The fourth-order valence-corrected chi connectivity index (χ4v) is 4.55. The fourth-order valence-electron chi connectivity index (χ4n) is 4.30. The molecule has 3 aromatic rings. The molecule has 1 atom stereocenters. The van der Waals surface area contributed by atoms with Gasteiger partial charge in [0.05, 0.1) is 12.2 Å². The Hall–Kier alpha value is -2.70. The lowest BCUT2D eigenvalue weighted by atomic mass is 9.91. The van der Waals surface area contributed by atoms with Gasteiger partial charge >= 0.3 is 0 Å². The third-order valence-electron chi connectivity index (χ3n) is 6.16. The molecule has 0 saturated heterocycles. The van der Waals surface area contributed by atoms with Crippen molar-refractivity contribution in [3.63, 3.8) is 0 Å². The molecule has 0 radical (unpaired) electrons. The number of hydrogen-bond donors (Lipinski definition) is 1. The monoisotopic (exact) mass is 511 g/mol. The van der Waals surface area contributed by atoms with Gasteiger partial charge in [-0.3, -0.25) is 14.5 Å². The normalized spacial score (nSPS) is 17.5. The molecule has 3 aromatic carbocycles. The minimum atomic E-state index is -1.28. The maximum atomic E-state index is 13.9. The number of fused-ring (bicyclic) bond motifs is 1. The Morgan fingerprint density at radius 2 is 1.60 bits per heavy atom. The van der Waals surface area contributed by atoms with E-state index in [2.05, 4.69) is 0 Å². The summed E-state index contributed by atoms with van der Waals surface area (Å²) in [6.45, 7) is 5.32. The first-order valence-electron chi connectivity index (χ1n) is 11.4. The number of halogens is 2. The number of aliphatic hydroxyl groups is 1. The van der Waals surface area contributed by atoms with Crippen LogP contribution in [0.3, 0.4) is 0 Å². The molecule has 1 aliphatic heterocycles. The van der Waals surface area contributed by atoms with Crippen molar-refractivity contribution in [2.75, 3.05) is 6.61 Å². The molecule has 0 fully saturated rings. The van der Waals surface area contributed by atoms with E-state index in [0.29, 0.717) is 38.7 Å². The van der Waals surface area contributed by atoms with Gasteiger partial charge in [0.25, 0.3) is 5.91 Å². The van der Waals surface area contributed by atoms with Crippen LogP contribution in [0.15, 0.2) is 66.7 Å². The molecule has 4 rings (SSSR count). The lowest BCUT2D eigenvalue weighted by Gasteiger charge is -2.40. The summed E-state index contributed by atoms with van der Waals surface area (Å²) in [5, 5.41) is 11.5. The van der Waals surface area contributed by atoms with Gasteiger partial charge in [-0.25, -0.2) is 0 Å². The quantitative estimate of drug-likeness (QED) is 0.364. The maximum Gasteiger partial charge on any atom is 0.257 e. The number of ether oxygens (including phenoxy) is 1. The van der Waals surface area contributed by atoms with Gasteiger partial charge in [0.1, 0.15) is 0 Å². The van der Waals surface area contributed by atoms with Crippen molar-refractivity contribution in [2.45, 2.75) is 45.1 Å². The van der Waals surface area contributed by atoms with Gasteiger partial charge in [-0.15, -0.1) is 0 Å². The van der Waals surface area contributed by atoms with Crippen molar-refractivity contribution < 1.29 is 19.4 Å². The molecule has 0 aromatic heterocycles. The molecule has 7 heteroatoms. The Bertz CT molecular complexity index is 1250. The van der Waals surface area contributed by atoms with Crippen LogP contribution in [0.4, 0.5) is 0 Å². The zero-order valence-corrected chi connectivity index (χ0v) is 21.4. The predicted octanol–water partition coefficient (Wildman–Crippen LogP) is 6.23. The van der Waals surface area contributed by atoms with E-state index in [1.54, 1.807) is 61.2 Å². The van der Waals surface area contributed by atoms with Gasteiger partial charge in [0.2, 0.25) is 0 Å². The first-order chi connectivity index (χ1) is 16.5. The maximum absolute atomic E-state index is 13.9. The molecule has 0 aliphatic carbocycles. The van der Waals surface area contributed by atoms with Crippen LogP contribution in [-0.2, 0) is 17.0 Å². The van der Waals surface area contributed by atoms with Gasteiger partial charge in [0, 0.05) is 38.8 Å². The molecule has 35 heavy (non-hydrogen) atoms. The predicted molar refractivity (Wildman–Crippen MR) is 137 cm³/mol. The lowest BCUT2D eigenvalue weighted by Crippen LogP contribution is -2.47. The highest BCUT2D eigenvalue weighted by Crippen LogP contribution is 2.47. The van der Waals surface area contributed by atoms with E-state index in [1.165, 1.54) is 6.92 Å². The van der Waals surface area contributed by atoms with Crippen LogP contribution in [0.5, 0.6) is 0 Å². The zero-order chi connectivity index (χ0) is 25.4. The Labute approximate surface area is 215 Å². The minimum Gasteiger partial charge on any atom is -0.390 e. The highest BCUT2D eigenvalue weighted by atomic mass is 35.5. The van der Waals surface area contributed by atoms with Crippen LogP contribution < -0.4 is 0 Å². The Kier molecular flexibility index (Phi) is 7.07. The van der Waals surface area contributed by atoms with Crippen molar-refractivity contribution in [1.82, 2.24) is 4.90 Å². The average Bonchev–Trinajstić information content (AvgIpc) is 3.03. The number of benzene rings is 3. The van der Waals surface area contributed by atoms with Crippen molar-refractivity contribution in [2.24, 2.45) is 0 Å².